The normalized spacial score (nSPS) is 15.5. The topological polar surface area (TPSA) is 60.2 Å². The number of rotatable bonds is 3. The number of nitrogens with one attached hydrogen (secondary N) is 1. The van der Waals surface area contributed by atoms with Gasteiger partial charge in [0.15, 0.2) is 5.75 Å². The maximum atomic E-state index is 5.84. The lowest BCUT2D eigenvalue weighted by atomic mass is 10.3. The quantitative estimate of drug-likeness (QED) is 0.733. The van der Waals surface area contributed by atoms with Gasteiger partial charge in [0.2, 0.25) is 0 Å². The van der Waals surface area contributed by atoms with Crippen molar-refractivity contribution in [1.29, 1.82) is 0 Å². The fourth-order valence-electron chi connectivity index (χ4n) is 1.11. The van der Waals surface area contributed by atoms with Crippen LogP contribution in [-0.4, -0.2) is 18.1 Å². The van der Waals surface area contributed by atoms with Crippen molar-refractivity contribution in [2.75, 3.05) is 18.1 Å². The van der Waals surface area contributed by atoms with Gasteiger partial charge in [0.05, 0.1) is 24.2 Å². The highest BCUT2D eigenvalue weighted by Gasteiger charge is 2.24. The summed E-state index contributed by atoms with van der Waals surface area (Å²) >= 11 is 0. The van der Waals surface area contributed by atoms with Crippen LogP contribution in [-0.2, 0) is 0 Å². The molecule has 0 spiro atoms. The lowest BCUT2D eigenvalue weighted by Crippen LogP contribution is -2.03. The molecule has 0 unspecified atom stereocenters. The van der Waals surface area contributed by atoms with Crippen LogP contribution in [0.2, 0.25) is 0 Å². The average molecular weight is 179 g/mol. The lowest BCUT2D eigenvalue weighted by Gasteiger charge is -2.10. The fourth-order valence-corrected chi connectivity index (χ4v) is 1.11. The molecule has 0 saturated heterocycles. The summed E-state index contributed by atoms with van der Waals surface area (Å²) < 4.78 is 5.57. The van der Waals surface area contributed by atoms with Gasteiger partial charge in [-0.05, 0) is 12.8 Å². The Labute approximate surface area is 77.1 Å². The van der Waals surface area contributed by atoms with Crippen LogP contribution in [0.15, 0.2) is 12.4 Å². The molecule has 1 aliphatic carbocycles. The lowest BCUT2D eigenvalue weighted by molar-refractivity contribution is 0.304. The van der Waals surface area contributed by atoms with E-state index in [1.54, 1.807) is 12.4 Å². The second kappa shape index (κ2) is 3.12. The molecule has 0 aliphatic heterocycles. The molecule has 0 aromatic carbocycles. The van der Waals surface area contributed by atoms with Crippen LogP contribution in [0.5, 0.6) is 5.75 Å². The van der Waals surface area contributed by atoms with Crippen molar-refractivity contribution in [1.82, 2.24) is 4.98 Å². The third kappa shape index (κ3) is 1.66. The number of nitrogen functional groups attached to an aromatic ring is 1. The Hall–Kier alpha value is -1.45. The van der Waals surface area contributed by atoms with Gasteiger partial charge < -0.3 is 15.8 Å². The van der Waals surface area contributed by atoms with Crippen molar-refractivity contribution in [3.8, 4) is 5.75 Å². The highest BCUT2D eigenvalue weighted by Crippen LogP contribution is 2.33. The van der Waals surface area contributed by atoms with E-state index in [2.05, 4.69) is 10.3 Å². The molecule has 4 nitrogen and oxygen atoms in total. The zero-order chi connectivity index (χ0) is 9.26. The summed E-state index contributed by atoms with van der Waals surface area (Å²) in [6.07, 6.45) is 5.96. The molecule has 0 radical (unpaired) electrons. The highest BCUT2D eigenvalue weighted by atomic mass is 16.5. The largest absolute Gasteiger partial charge is 0.487 e. The van der Waals surface area contributed by atoms with Gasteiger partial charge in [-0.1, -0.05) is 0 Å². The van der Waals surface area contributed by atoms with Gasteiger partial charge >= 0.3 is 0 Å². The van der Waals surface area contributed by atoms with Gasteiger partial charge in [-0.2, -0.15) is 0 Å². The van der Waals surface area contributed by atoms with Crippen molar-refractivity contribution in [2.24, 2.45) is 0 Å². The van der Waals surface area contributed by atoms with E-state index in [1.165, 1.54) is 0 Å². The Morgan fingerprint density at radius 2 is 2.31 bits per heavy atom. The molecule has 0 bridgehead atoms. The Morgan fingerprint density at radius 3 is 2.92 bits per heavy atom. The highest BCUT2D eigenvalue weighted by molar-refractivity contribution is 5.71. The molecule has 1 saturated carbocycles. The Kier molecular flexibility index (Phi) is 1.96. The summed E-state index contributed by atoms with van der Waals surface area (Å²) in [5, 5.41) is 2.96. The molecule has 0 atom stereocenters. The van der Waals surface area contributed by atoms with Gasteiger partial charge in [-0.25, -0.2) is 0 Å². The Morgan fingerprint density at radius 1 is 1.54 bits per heavy atom. The van der Waals surface area contributed by atoms with E-state index in [-0.39, 0.29) is 0 Å². The van der Waals surface area contributed by atoms with Crippen LogP contribution in [0.25, 0.3) is 0 Å². The van der Waals surface area contributed by atoms with Crippen molar-refractivity contribution >= 4 is 11.4 Å². The fraction of sp³-hybridized carbons (Fsp3) is 0.444. The molecule has 1 heterocycles. The maximum absolute atomic E-state index is 5.84. The van der Waals surface area contributed by atoms with E-state index in [4.69, 9.17) is 10.5 Å². The van der Waals surface area contributed by atoms with Crippen LogP contribution < -0.4 is 15.8 Å². The predicted molar refractivity (Wildman–Crippen MR) is 51.8 cm³/mol. The number of hydrogen-bond donors (Lipinski definition) is 2. The number of anilines is 2. The first-order valence-corrected chi connectivity index (χ1v) is 4.39. The molecular weight excluding hydrogens is 166 g/mol. The Bertz CT molecular complexity index is 310. The third-order valence-corrected chi connectivity index (χ3v) is 2.04. The molecule has 1 fully saturated rings. The third-order valence-electron chi connectivity index (χ3n) is 2.04. The molecule has 70 valence electrons. The zero-order valence-corrected chi connectivity index (χ0v) is 7.58. The summed E-state index contributed by atoms with van der Waals surface area (Å²) in [7, 11) is 1.81. The monoisotopic (exact) mass is 179 g/mol. The Balaban J connectivity index is 2.22. The van der Waals surface area contributed by atoms with Gasteiger partial charge in [-0.3, -0.25) is 4.98 Å². The van der Waals surface area contributed by atoms with Gasteiger partial charge in [0.25, 0.3) is 0 Å². The van der Waals surface area contributed by atoms with Crippen LogP contribution in [0.3, 0.4) is 0 Å². The molecule has 1 aliphatic rings. The van der Waals surface area contributed by atoms with Crippen LogP contribution in [0.4, 0.5) is 11.4 Å². The van der Waals surface area contributed by atoms with Gasteiger partial charge in [0.1, 0.15) is 5.69 Å². The average Bonchev–Trinajstić information content (AvgIpc) is 2.92. The number of nitrogens with zero attached hydrogens (tertiary/aromatic N) is 1. The maximum Gasteiger partial charge on any atom is 0.162 e. The van der Waals surface area contributed by atoms with E-state index in [9.17, 15) is 0 Å². The second-order valence-corrected chi connectivity index (χ2v) is 3.17. The number of ether oxygens (including phenoxy) is 1. The molecule has 1 aromatic heterocycles. The first-order valence-electron chi connectivity index (χ1n) is 4.39. The van der Waals surface area contributed by atoms with E-state index in [0.717, 1.165) is 18.5 Å². The molecule has 4 heteroatoms. The number of nitrogens with two attached hydrogens (primary N) is 1. The molecule has 1 aromatic rings. The summed E-state index contributed by atoms with van der Waals surface area (Å²) in [6.45, 7) is 0. The van der Waals surface area contributed by atoms with E-state index < -0.39 is 0 Å². The molecule has 3 N–H and O–H groups in total. The smallest absolute Gasteiger partial charge is 0.162 e. The van der Waals surface area contributed by atoms with E-state index >= 15 is 0 Å². The summed E-state index contributed by atoms with van der Waals surface area (Å²) in [5.74, 6) is 0.689. The zero-order valence-electron chi connectivity index (χ0n) is 7.58. The van der Waals surface area contributed by atoms with Crippen LogP contribution >= 0.6 is 0 Å². The molecular formula is C9H13N3O. The van der Waals surface area contributed by atoms with E-state index in [0.29, 0.717) is 17.5 Å². The van der Waals surface area contributed by atoms with Gasteiger partial charge in [0, 0.05) is 7.05 Å². The van der Waals surface area contributed by atoms with Crippen molar-refractivity contribution in [3.63, 3.8) is 0 Å². The number of aromatic nitrogens is 1. The summed E-state index contributed by atoms with van der Waals surface area (Å²) in [5.41, 5.74) is 7.30. The van der Waals surface area contributed by atoms with Gasteiger partial charge in [-0.15, -0.1) is 0 Å². The van der Waals surface area contributed by atoms with Crippen molar-refractivity contribution in [2.45, 2.75) is 18.9 Å². The van der Waals surface area contributed by atoms with Crippen molar-refractivity contribution < 1.29 is 4.74 Å². The number of pyridine rings is 1. The molecule has 13 heavy (non-hydrogen) atoms. The summed E-state index contributed by atoms with van der Waals surface area (Å²) in [4.78, 5) is 4.03. The van der Waals surface area contributed by atoms with Crippen molar-refractivity contribution in [3.05, 3.63) is 12.4 Å². The molecule has 0 amide bonds. The first-order chi connectivity index (χ1) is 6.31. The standard InChI is InChI=1S/C9H13N3O/c1-11-7-4-12-5-8(9(7)10)13-6-2-3-6/h4-6,11H,2-3H2,1H3,(H2,10,12). The second-order valence-electron chi connectivity index (χ2n) is 3.17. The predicted octanol–water partition coefficient (Wildman–Crippen LogP) is 1.25. The van der Waals surface area contributed by atoms with Crippen LogP contribution in [0, 0.1) is 0 Å². The minimum absolute atomic E-state index is 0.358. The molecule has 2 rings (SSSR count). The number of hydrogen-bond acceptors (Lipinski definition) is 4. The minimum atomic E-state index is 0.358. The van der Waals surface area contributed by atoms with Crippen LogP contribution in [0.1, 0.15) is 12.8 Å². The minimum Gasteiger partial charge on any atom is -0.487 e. The van der Waals surface area contributed by atoms with E-state index in [1.807, 2.05) is 7.05 Å². The first kappa shape index (κ1) is 8.16. The SMILES string of the molecule is CNc1cncc(OC2CC2)c1N. The summed E-state index contributed by atoms with van der Waals surface area (Å²) in [6, 6.07) is 0.